The molecule has 1 saturated carbocycles. The molecule has 20 heavy (non-hydrogen) atoms. The first-order valence-corrected chi connectivity index (χ1v) is 7.18. The van der Waals surface area contributed by atoms with E-state index in [-0.39, 0.29) is 11.8 Å². The molecule has 0 saturated heterocycles. The average molecular weight is 273 g/mol. The van der Waals surface area contributed by atoms with E-state index in [0.29, 0.717) is 12.1 Å². The van der Waals surface area contributed by atoms with E-state index in [1.54, 1.807) is 6.20 Å². The molecular formula is C15H19N3O2. The summed E-state index contributed by atoms with van der Waals surface area (Å²) >= 11 is 0. The second kappa shape index (κ2) is 5.23. The summed E-state index contributed by atoms with van der Waals surface area (Å²) in [6.07, 6.45) is 8.06. The van der Waals surface area contributed by atoms with Crippen LogP contribution in [-0.2, 0) is 11.2 Å². The number of aromatic amines is 1. The lowest BCUT2D eigenvalue weighted by molar-refractivity contribution is -0.140. The lowest BCUT2D eigenvalue weighted by atomic mass is 9.69. The zero-order chi connectivity index (χ0) is 14.0. The topological polar surface area (TPSA) is 78.9 Å². The molecule has 2 aromatic rings. The van der Waals surface area contributed by atoms with Gasteiger partial charge in [0.1, 0.15) is 5.82 Å². The van der Waals surface area contributed by atoms with Crippen molar-refractivity contribution in [1.29, 1.82) is 0 Å². The van der Waals surface area contributed by atoms with Crippen molar-refractivity contribution in [3.05, 3.63) is 24.2 Å². The highest BCUT2D eigenvalue weighted by atomic mass is 16.4. The molecule has 1 fully saturated rings. The Kier molecular flexibility index (Phi) is 3.42. The fourth-order valence-corrected chi connectivity index (χ4v) is 3.37. The van der Waals surface area contributed by atoms with Gasteiger partial charge in [-0.05, 0) is 30.4 Å². The molecule has 0 aromatic carbocycles. The molecule has 2 aromatic heterocycles. The maximum absolute atomic E-state index is 11.2. The molecule has 2 heterocycles. The average Bonchev–Trinajstić information content (AvgIpc) is 2.80. The van der Waals surface area contributed by atoms with Crippen LogP contribution in [0.15, 0.2) is 18.3 Å². The van der Waals surface area contributed by atoms with Crippen LogP contribution in [0.2, 0.25) is 0 Å². The van der Waals surface area contributed by atoms with Gasteiger partial charge >= 0.3 is 5.97 Å². The predicted octanol–water partition coefficient (Wildman–Crippen LogP) is 2.93. The van der Waals surface area contributed by atoms with Gasteiger partial charge in [-0.1, -0.05) is 19.3 Å². The zero-order valence-electron chi connectivity index (χ0n) is 11.4. The summed E-state index contributed by atoms with van der Waals surface area (Å²) in [7, 11) is 0. The Balaban J connectivity index is 1.86. The maximum atomic E-state index is 11.2. The maximum Gasteiger partial charge on any atom is 0.303 e. The standard InChI is InChI=1S/C15H19N3O2/c19-13(20)10-15(6-2-1-3-7-15)9-12-17-11-5-4-8-16-14(11)18-12/h4-5,8H,1-3,6-7,9-10H2,(H,19,20)(H,16,17,18). The Morgan fingerprint density at radius 1 is 1.35 bits per heavy atom. The molecule has 106 valence electrons. The molecule has 0 radical (unpaired) electrons. The lowest BCUT2D eigenvalue weighted by Gasteiger charge is -2.35. The molecule has 0 atom stereocenters. The monoisotopic (exact) mass is 273 g/mol. The number of hydrogen-bond acceptors (Lipinski definition) is 3. The van der Waals surface area contributed by atoms with E-state index in [4.69, 9.17) is 0 Å². The number of carboxylic acid groups (broad SMARTS) is 1. The van der Waals surface area contributed by atoms with E-state index in [1.165, 1.54) is 6.42 Å². The van der Waals surface area contributed by atoms with Crippen molar-refractivity contribution in [2.45, 2.75) is 44.9 Å². The highest BCUT2D eigenvalue weighted by molar-refractivity contribution is 5.70. The number of H-pyrrole nitrogens is 1. The van der Waals surface area contributed by atoms with Crippen LogP contribution in [-0.4, -0.2) is 26.0 Å². The van der Waals surface area contributed by atoms with Crippen LogP contribution < -0.4 is 0 Å². The fourth-order valence-electron chi connectivity index (χ4n) is 3.37. The second-order valence-electron chi connectivity index (χ2n) is 5.87. The van der Waals surface area contributed by atoms with Crippen LogP contribution in [0, 0.1) is 5.41 Å². The number of hydrogen-bond donors (Lipinski definition) is 2. The Labute approximate surface area is 117 Å². The van der Waals surface area contributed by atoms with Crippen LogP contribution in [0.4, 0.5) is 0 Å². The molecule has 0 aliphatic heterocycles. The van der Waals surface area contributed by atoms with Gasteiger partial charge in [-0.25, -0.2) is 9.97 Å². The molecule has 0 amide bonds. The summed E-state index contributed by atoms with van der Waals surface area (Å²) in [4.78, 5) is 23.2. The number of aliphatic carboxylic acids is 1. The van der Waals surface area contributed by atoms with Crippen LogP contribution in [0.25, 0.3) is 11.2 Å². The highest BCUT2D eigenvalue weighted by Gasteiger charge is 2.35. The number of imidazole rings is 1. The third-order valence-electron chi connectivity index (χ3n) is 4.29. The van der Waals surface area contributed by atoms with Gasteiger partial charge < -0.3 is 10.1 Å². The van der Waals surface area contributed by atoms with Gasteiger partial charge in [-0.3, -0.25) is 4.79 Å². The van der Waals surface area contributed by atoms with Gasteiger partial charge in [0, 0.05) is 12.6 Å². The summed E-state index contributed by atoms with van der Waals surface area (Å²) < 4.78 is 0. The normalized spacial score (nSPS) is 18.2. The van der Waals surface area contributed by atoms with Crippen LogP contribution in [0.1, 0.15) is 44.3 Å². The first-order chi connectivity index (χ1) is 9.67. The van der Waals surface area contributed by atoms with Gasteiger partial charge in [0.2, 0.25) is 0 Å². The third-order valence-corrected chi connectivity index (χ3v) is 4.29. The Bertz CT molecular complexity index is 581. The molecule has 5 nitrogen and oxygen atoms in total. The first kappa shape index (κ1) is 13.1. The molecule has 0 bridgehead atoms. The van der Waals surface area contributed by atoms with E-state index in [9.17, 15) is 9.90 Å². The summed E-state index contributed by atoms with van der Waals surface area (Å²) in [5, 5.41) is 9.21. The smallest absolute Gasteiger partial charge is 0.303 e. The SMILES string of the molecule is O=C(O)CC1(Cc2nc3ncccc3[nH]2)CCCCC1. The molecule has 1 aliphatic carbocycles. The molecule has 0 unspecified atom stereocenters. The minimum Gasteiger partial charge on any atom is -0.481 e. The lowest BCUT2D eigenvalue weighted by Crippen LogP contribution is -2.30. The third kappa shape index (κ3) is 2.66. The Hall–Kier alpha value is -1.91. The summed E-state index contributed by atoms with van der Waals surface area (Å²) in [5.74, 6) is 0.156. The minimum atomic E-state index is -0.707. The zero-order valence-corrected chi connectivity index (χ0v) is 11.4. The number of carboxylic acids is 1. The number of rotatable bonds is 4. The van der Waals surface area contributed by atoms with Gasteiger partial charge in [0.25, 0.3) is 0 Å². The van der Waals surface area contributed by atoms with Crippen molar-refractivity contribution in [2.24, 2.45) is 5.41 Å². The predicted molar refractivity (Wildman–Crippen MR) is 75.4 cm³/mol. The molecule has 3 rings (SSSR count). The van der Waals surface area contributed by atoms with E-state index in [2.05, 4.69) is 15.0 Å². The molecular weight excluding hydrogens is 254 g/mol. The summed E-state index contributed by atoms with van der Waals surface area (Å²) in [6, 6.07) is 3.82. The van der Waals surface area contributed by atoms with E-state index in [1.807, 2.05) is 12.1 Å². The summed E-state index contributed by atoms with van der Waals surface area (Å²) in [6.45, 7) is 0. The summed E-state index contributed by atoms with van der Waals surface area (Å²) in [5.41, 5.74) is 1.49. The Morgan fingerprint density at radius 2 is 2.15 bits per heavy atom. The van der Waals surface area contributed by atoms with Crippen molar-refractivity contribution in [3.63, 3.8) is 0 Å². The number of nitrogens with one attached hydrogen (secondary N) is 1. The number of nitrogens with zero attached hydrogens (tertiary/aromatic N) is 2. The van der Waals surface area contributed by atoms with Crippen molar-refractivity contribution in [1.82, 2.24) is 15.0 Å². The molecule has 5 heteroatoms. The second-order valence-corrected chi connectivity index (χ2v) is 5.87. The van der Waals surface area contributed by atoms with E-state index in [0.717, 1.165) is 37.0 Å². The quantitative estimate of drug-likeness (QED) is 0.897. The fraction of sp³-hybridized carbons (Fsp3) is 0.533. The Morgan fingerprint density at radius 3 is 2.85 bits per heavy atom. The molecule has 0 spiro atoms. The van der Waals surface area contributed by atoms with Crippen molar-refractivity contribution in [3.8, 4) is 0 Å². The van der Waals surface area contributed by atoms with Gasteiger partial charge in [-0.15, -0.1) is 0 Å². The van der Waals surface area contributed by atoms with Gasteiger partial charge in [0.15, 0.2) is 5.65 Å². The van der Waals surface area contributed by atoms with Crippen LogP contribution in [0.5, 0.6) is 0 Å². The van der Waals surface area contributed by atoms with Crippen molar-refractivity contribution >= 4 is 17.1 Å². The minimum absolute atomic E-state index is 0.141. The molecule has 2 N–H and O–H groups in total. The number of pyridine rings is 1. The van der Waals surface area contributed by atoms with Crippen LogP contribution >= 0.6 is 0 Å². The van der Waals surface area contributed by atoms with E-state index < -0.39 is 5.97 Å². The van der Waals surface area contributed by atoms with E-state index >= 15 is 0 Å². The number of carbonyl (C=O) groups is 1. The van der Waals surface area contributed by atoms with Gasteiger partial charge in [-0.2, -0.15) is 0 Å². The number of fused-ring (bicyclic) bond motifs is 1. The first-order valence-electron chi connectivity index (χ1n) is 7.18. The van der Waals surface area contributed by atoms with Crippen LogP contribution in [0.3, 0.4) is 0 Å². The molecule has 1 aliphatic rings. The largest absolute Gasteiger partial charge is 0.481 e. The van der Waals surface area contributed by atoms with Gasteiger partial charge in [0.05, 0.1) is 11.9 Å². The highest BCUT2D eigenvalue weighted by Crippen LogP contribution is 2.41. The van der Waals surface area contributed by atoms with Crippen molar-refractivity contribution < 1.29 is 9.90 Å². The number of aromatic nitrogens is 3. The van der Waals surface area contributed by atoms with Crippen molar-refractivity contribution in [2.75, 3.05) is 0 Å².